The number of piperidine rings is 1. The van der Waals surface area contributed by atoms with Crippen molar-refractivity contribution in [2.24, 2.45) is 11.8 Å². The van der Waals surface area contributed by atoms with Crippen molar-refractivity contribution < 1.29 is 19.7 Å². The van der Waals surface area contributed by atoms with E-state index < -0.39 is 18.0 Å². The molecule has 184 valence electrons. The summed E-state index contributed by atoms with van der Waals surface area (Å²) in [4.78, 5) is 23.4. The first-order chi connectivity index (χ1) is 17.0. The quantitative estimate of drug-likeness (QED) is 0.498. The Morgan fingerprint density at radius 3 is 2.77 bits per heavy atom. The lowest BCUT2D eigenvalue weighted by Gasteiger charge is -2.47. The molecule has 35 heavy (non-hydrogen) atoms. The van der Waals surface area contributed by atoms with Crippen molar-refractivity contribution in [2.75, 3.05) is 20.2 Å². The van der Waals surface area contributed by atoms with E-state index in [4.69, 9.17) is 4.74 Å². The summed E-state index contributed by atoms with van der Waals surface area (Å²) < 4.78 is 5.34. The van der Waals surface area contributed by atoms with Gasteiger partial charge < -0.3 is 14.9 Å². The number of rotatable bonds is 8. The van der Waals surface area contributed by atoms with E-state index >= 15 is 0 Å². The maximum atomic E-state index is 12.2. The zero-order chi connectivity index (χ0) is 24.4. The van der Waals surface area contributed by atoms with Gasteiger partial charge in [-0.25, -0.2) is 0 Å². The van der Waals surface area contributed by atoms with Gasteiger partial charge in [0.15, 0.2) is 0 Å². The Labute approximate surface area is 205 Å². The van der Waals surface area contributed by atoms with Crippen LogP contribution in [0.3, 0.4) is 0 Å². The molecule has 1 aliphatic heterocycles. The second-order valence-corrected chi connectivity index (χ2v) is 9.94. The summed E-state index contributed by atoms with van der Waals surface area (Å²) >= 11 is 0. The van der Waals surface area contributed by atoms with Gasteiger partial charge in [0.05, 0.1) is 24.6 Å². The molecule has 1 aliphatic carbocycles. The predicted octanol–water partition coefficient (Wildman–Crippen LogP) is 4.42. The van der Waals surface area contributed by atoms with Crippen LogP contribution >= 0.6 is 0 Å². The number of carboxylic acids is 1. The number of carboxylic acid groups (broad SMARTS) is 1. The third-order valence-electron chi connectivity index (χ3n) is 7.99. The topological polar surface area (TPSA) is 95.8 Å². The van der Waals surface area contributed by atoms with Crippen molar-refractivity contribution in [1.29, 1.82) is 0 Å². The van der Waals surface area contributed by atoms with Crippen LogP contribution in [-0.4, -0.2) is 57.3 Å². The fraction of sp³-hybridized carbons (Fsp3) is 0.464. The molecule has 0 radical (unpaired) electrons. The first-order valence-electron chi connectivity index (χ1n) is 12.5. The first kappa shape index (κ1) is 23.7. The van der Waals surface area contributed by atoms with E-state index in [2.05, 4.69) is 20.9 Å². The summed E-state index contributed by atoms with van der Waals surface area (Å²) in [6.45, 7) is 1.50. The van der Waals surface area contributed by atoms with E-state index in [9.17, 15) is 15.0 Å². The van der Waals surface area contributed by atoms with Crippen molar-refractivity contribution in [2.45, 2.75) is 50.2 Å². The number of pyridine rings is 2. The van der Waals surface area contributed by atoms with Crippen LogP contribution in [0.15, 0.2) is 54.9 Å². The number of ether oxygens (including phenoxy) is 1. The molecule has 1 aromatic carbocycles. The number of hydrogen-bond donors (Lipinski definition) is 2. The Kier molecular flexibility index (Phi) is 6.97. The molecule has 3 atom stereocenters. The van der Waals surface area contributed by atoms with Crippen LogP contribution in [-0.2, 0) is 4.79 Å². The Balaban J connectivity index is 1.20. The number of benzene rings is 1. The monoisotopic (exact) mass is 475 g/mol. The highest BCUT2D eigenvalue weighted by Gasteiger charge is 2.41. The Morgan fingerprint density at radius 1 is 1.17 bits per heavy atom. The smallest absolute Gasteiger partial charge is 0.308 e. The predicted molar refractivity (Wildman–Crippen MR) is 133 cm³/mol. The van der Waals surface area contributed by atoms with Gasteiger partial charge in [-0.05, 0) is 86.5 Å². The number of aliphatic hydroxyl groups excluding tert-OH is 1. The molecule has 0 amide bonds. The lowest BCUT2D eigenvalue weighted by atomic mass is 9.74. The van der Waals surface area contributed by atoms with Crippen molar-refractivity contribution in [1.82, 2.24) is 14.9 Å². The van der Waals surface area contributed by atoms with Crippen LogP contribution in [0, 0.1) is 11.8 Å². The van der Waals surface area contributed by atoms with Crippen molar-refractivity contribution in [3.63, 3.8) is 0 Å². The first-order valence-corrected chi connectivity index (χ1v) is 12.5. The molecule has 2 aliphatic rings. The third-order valence-corrected chi connectivity index (χ3v) is 7.99. The number of aliphatic hydroxyl groups is 1. The van der Waals surface area contributed by atoms with E-state index in [-0.39, 0.29) is 5.92 Å². The molecule has 3 heterocycles. The fourth-order valence-corrected chi connectivity index (χ4v) is 5.82. The molecule has 5 rings (SSSR count). The van der Waals surface area contributed by atoms with Crippen LogP contribution < -0.4 is 4.74 Å². The van der Waals surface area contributed by atoms with Gasteiger partial charge in [-0.2, -0.15) is 0 Å². The minimum absolute atomic E-state index is 0.0627. The lowest BCUT2D eigenvalue weighted by Crippen LogP contribution is -2.52. The maximum Gasteiger partial charge on any atom is 0.308 e. The van der Waals surface area contributed by atoms with E-state index in [1.165, 1.54) is 0 Å². The summed E-state index contributed by atoms with van der Waals surface area (Å²) in [5.74, 6) is 0.130. The number of nitrogens with zero attached hydrogens (tertiary/aromatic N) is 3. The highest BCUT2D eigenvalue weighted by molar-refractivity contribution is 5.83. The molecule has 2 fully saturated rings. The average molecular weight is 476 g/mol. The molecule has 1 saturated heterocycles. The Morgan fingerprint density at radius 2 is 2.03 bits per heavy atom. The van der Waals surface area contributed by atoms with Crippen LogP contribution in [0.2, 0.25) is 0 Å². The Bertz CT molecular complexity index is 1170. The van der Waals surface area contributed by atoms with Crippen LogP contribution in [0.1, 0.15) is 55.4 Å². The summed E-state index contributed by atoms with van der Waals surface area (Å²) in [5, 5.41) is 21.9. The van der Waals surface area contributed by atoms with E-state index in [1.807, 2.05) is 42.6 Å². The molecule has 0 bridgehead atoms. The van der Waals surface area contributed by atoms with Crippen molar-refractivity contribution in [3.05, 3.63) is 66.1 Å². The number of likely N-dealkylation sites (tertiary alicyclic amines) is 1. The second kappa shape index (κ2) is 10.3. The Hall–Kier alpha value is -3.03. The molecule has 7 nitrogen and oxygen atoms in total. The fourth-order valence-electron chi connectivity index (χ4n) is 5.82. The van der Waals surface area contributed by atoms with E-state index in [0.717, 1.165) is 53.7 Å². The van der Waals surface area contributed by atoms with Gasteiger partial charge in [-0.3, -0.25) is 19.7 Å². The second-order valence-electron chi connectivity index (χ2n) is 9.94. The normalized spacial score (nSPS) is 25.7. The molecule has 0 spiro atoms. The van der Waals surface area contributed by atoms with Gasteiger partial charge in [0.2, 0.25) is 0 Å². The highest BCUT2D eigenvalue weighted by Crippen LogP contribution is 2.42. The van der Waals surface area contributed by atoms with Gasteiger partial charge in [0.1, 0.15) is 5.75 Å². The van der Waals surface area contributed by atoms with E-state index in [1.54, 1.807) is 13.3 Å². The van der Waals surface area contributed by atoms with Crippen molar-refractivity contribution >= 4 is 16.9 Å². The van der Waals surface area contributed by atoms with Gasteiger partial charge in [-0.15, -0.1) is 0 Å². The number of methoxy groups -OCH3 is 1. The van der Waals surface area contributed by atoms with Gasteiger partial charge in [0.25, 0.3) is 0 Å². The van der Waals surface area contributed by atoms with Crippen LogP contribution in [0.4, 0.5) is 0 Å². The molecule has 1 unspecified atom stereocenters. The highest BCUT2D eigenvalue weighted by atomic mass is 16.5. The zero-order valence-corrected chi connectivity index (χ0v) is 20.1. The van der Waals surface area contributed by atoms with Crippen LogP contribution in [0.25, 0.3) is 10.9 Å². The zero-order valence-electron chi connectivity index (χ0n) is 20.1. The molecule has 2 aromatic heterocycles. The molecule has 1 saturated carbocycles. The van der Waals surface area contributed by atoms with Gasteiger partial charge in [-0.1, -0.05) is 6.07 Å². The van der Waals surface area contributed by atoms with Gasteiger partial charge >= 0.3 is 5.97 Å². The average Bonchev–Trinajstić information content (AvgIpc) is 2.86. The van der Waals surface area contributed by atoms with E-state index in [0.29, 0.717) is 31.3 Å². The SMILES string of the molecule is COc1ccc2nccc(C(O)CC[C@@H]3CCN(C4CC(c5ccccn5)C4)C[C@@H]3C(=O)O)c2c1. The number of fused-ring (bicyclic) bond motifs is 1. The third kappa shape index (κ3) is 5.02. The summed E-state index contributed by atoms with van der Waals surface area (Å²) in [5.41, 5.74) is 2.76. The van der Waals surface area contributed by atoms with Gasteiger partial charge in [0, 0.05) is 42.0 Å². The molecule has 7 heteroatoms. The molecule has 2 N–H and O–H groups in total. The molecular weight excluding hydrogens is 442 g/mol. The summed E-state index contributed by atoms with van der Waals surface area (Å²) in [6, 6.07) is 14.0. The van der Waals surface area contributed by atoms with Crippen LogP contribution in [0.5, 0.6) is 5.75 Å². The molecular formula is C28H33N3O4. The largest absolute Gasteiger partial charge is 0.497 e. The standard InChI is InChI=1S/C28H33N3O4/c1-35-21-6-7-26-23(16-21)22(9-12-30-26)27(32)8-5-18-10-13-31(17-24(18)28(33)34)20-14-19(15-20)25-4-2-3-11-29-25/h2-4,6-7,9,11-12,16,18-20,24,27,32H,5,8,10,13-15,17H2,1H3,(H,33,34)/t18-,19?,20?,24+,27?/m1/s1. The minimum Gasteiger partial charge on any atom is -0.497 e. The number of hydrogen-bond acceptors (Lipinski definition) is 6. The number of aliphatic carboxylic acids is 1. The van der Waals surface area contributed by atoms with Crippen molar-refractivity contribution in [3.8, 4) is 5.75 Å². The molecule has 3 aromatic rings. The maximum absolute atomic E-state index is 12.2. The summed E-state index contributed by atoms with van der Waals surface area (Å²) in [6.07, 6.45) is 7.02. The number of carbonyl (C=O) groups is 1. The summed E-state index contributed by atoms with van der Waals surface area (Å²) in [7, 11) is 1.62. The number of aromatic nitrogens is 2. The lowest BCUT2D eigenvalue weighted by molar-refractivity contribution is -0.147. The minimum atomic E-state index is -0.728.